The molecule has 0 spiro atoms. The van der Waals surface area contributed by atoms with Crippen molar-refractivity contribution in [1.82, 2.24) is 15.1 Å². The summed E-state index contributed by atoms with van der Waals surface area (Å²) >= 11 is 0. The zero-order chi connectivity index (χ0) is 14.8. The maximum absolute atomic E-state index is 12.6. The molecule has 6 nitrogen and oxygen atoms in total. The second kappa shape index (κ2) is 5.57. The van der Waals surface area contributed by atoms with Gasteiger partial charge in [0.1, 0.15) is 0 Å². The number of amides is 1. The minimum atomic E-state index is -0.0698. The number of benzene rings is 1. The van der Waals surface area contributed by atoms with Gasteiger partial charge in [-0.15, -0.1) is 0 Å². The van der Waals surface area contributed by atoms with Gasteiger partial charge in [-0.25, -0.2) is 0 Å². The van der Waals surface area contributed by atoms with Crippen molar-refractivity contribution in [2.45, 2.75) is 6.42 Å². The van der Waals surface area contributed by atoms with Crippen LogP contribution in [0.25, 0.3) is 10.9 Å². The van der Waals surface area contributed by atoms with Gasteiger partial charge in [-0.2, -0.15) is 5.10 Å². The third kappa shape index (κ3) is 2.62. The molecule has 3 rings (SSSR count). The number of nitrogens with two attached hydrogens (primary N) is 1. The van der Waals surface area contributed by atoms with Gasteiger partial charge in [0.25, 0.3) is 5.91 Å². The van der Waals surface area contributed by atoms with Gasteiger partial charge in [0.05, 0.1) is 12.1 Å². The van der Waals surface area contributed by atoms with E-state index >= 15 is 0 Å². The van der Waals surface area contributed by atoms with Crippen LogP contribution in [0.5, 0.6) is 0 Å². The molecule has 6 heteroatoms. The molecule has 0 atom stereocenters. The van der Waals surface area contributed by atoms with Crippen molar-refractivity contribution >= 4 is 22.5 Å². The van der Waals surface area contributed by atoms with E-state index in [-0.39, 0.29) is 5.91 Å². The average molecular weight is 286 g/mol. The van der Waals surface area contributed by atoms with E-state index < -0.39 is 0 Å². The number of hydrogen-bond donors (Lipinski definition) is 2. The van der Waals surface area contributed by atoms with Crippen LogP contribution in [0.4, 0.5) is 5.69 Å². The molecule has 1 aromatic carbocycles. The molecule has 0 unspecified atom stereocenters. The van der Waals surface area contributed by atoms with Crippen LogP contribution in [0.3, 0.4) is 0 Å². The number of carbonyl (C=O) groups is 1. The van der Waals surface area contributed by atoms with Crippen molar-refractivity contribution in [1.29, 1.82) is 0 Å². The summed E-state index contributed by atoms with van der Waals surface area (Å²) in [5.41, 5.74) is 8.90. The number of rotatable bonds is 3. The van der Waals surface area contributed by atoms with Crippen molar-refractivity contribution in [3.63, 3.8) is 0 Å². The van der Waals surface area contributed by atoms with Crippen molar-refractivity contribution in [2.75, 3.05) is 32.5 Å². The number of fused-ring (bicyclic) bond motifs is 1. The Bertz CT molecular complexity index is 705. The maximum atomic E-state index is 12.6. The summed E-state index contributed by atoms with van der Waals surface area (Å²) < 4.78 is 5.12. The lowest BCUT2D eigenvalue weighted by molar-refractivity contribution is 0.0761. The largest absolute Gasteiger partial charge is 0.399 e. The molecule has 0 bridgehead atoms. The first-order valence-corrected chi connectivity index (χ1v) is 6.89. The van der Waals surface area contributed by atoms with E-state index in [4.69, 9.17) is 10.5 Å². The fourth-order valence-corrected chi connectivity index (χ4v) is 2.56. The lowest BCUT2D eigenvalue weighted by Crippen LogP contribution is -2.35. The second-order valence-corrected chi connectivity index (χ2v) is 5.17. The van der Waals surface area contributed by atoms with Crippen LogP contribution >= 0.6 is 0 Å². The predicted octanol–water partition coefficient (Wildman–Crippen LogP) is 1.56. The van der Waals surface area contributed by atoms with E-state index in [9.17, 15) is 4.79 Å². The molecule has 1 aliphatic rings. The summed E-state index contributed by atoms with van der Waals surface area (Å²) in [5, 5.41) is 7.80. The van der Waals surface area contributed by atoms with Gasteiger partial charge < -0.3 is 15.4 Å². The number of ether oxygens (including phenoxy) is 1. The highest BCUT2D eigenvalue weighted by molar-refractivity contribution is 6.05. The number of methoxy groups -OCH3 is 1. The quantitative estimate of drug-likeness (QED) is 0.662. The van der Waals surface area contributed by atoms with E-state index in [0.717, 1.165) is 17.3 Å². The van der Waals surface area contributed by atoms with Crippen LogP contribution in [0, 0.1) is 0 Å². The molecular weight excluding hydrogens is 268 g/mol. The standard InChI is InChI=1S/C15H18N4O2/c1-21-9-10-4-6-19(7-5-10)15(20)14-12-8-11(16)2-3-13(12)17-18-14/h2-4,8H,5-7,9,16H2,1H3,(H,17,18). The normalized spacial score (nSPS) is 15.3. The smallest absolute Gasteiger partial charge is 0.275 e. The van der Waals surface area contributed by atoms with Gasteiger partial charge in [-0.05, 0) is 30.2 Å². The molecule has 0 fully saturated rings. The maximum Gasteiger partial charge on any atom is 0.275 e. The van der Waals surface area contributed by atoms with Gasteiger partial charge in [0, 0.05) is 31.3 Å². The molecule has 0 aliphatic carbocycles. The Balaban J connectivity index is 1.83. The number of hydrogen-bond acceptors (Lipinski definition) is 4. The van der Waals surface area contributed by atoms with E-state index in [1.165, 1.54) is 5.57 Å². The second-order valence-electron chi connectivity index (χ2n) is 5.17. The number of carbonyl (C=O) groups excluding carboxylic acids is 1. The molecule has 3 N–H and O–H groups in total. The SMILES string of the molecule is COCC1=CCN(C(=O)c2n[nH]c3ccc(N)cc23)CC1. The monoisotopic (exact) mass is 286 g/mol. The van der Waals surface area contributed by atoms with E-state index in [0.29, 0.717) is 31.1 Å². The number of H-pyrrole nitrogens is 1. The number of anilines is 1. The van der Waals surface area contributed by atoms with Crippen LogP contribution in [0.15, 0.2) is 29.8 Å². The highest BCUT2D eigenvalue weighted by atomic mass is 16.5. The van der Waals surface area contributed by atoms with Crippen molar-refractivity contribution < 1.29 is 9.53 Å². The molecule has 1 amide bonds. The van der Waals surface area contributed by atoms with Gasteiger partial charge in [0.2, 0.25) is 0 Å². The van der Waals surface area contributed by atoms with Gasteiger partial charge in [-0.3, -0.25) is 9.89 Å². The van der Waals surface area contributed by atoms with Crippen molar-refractivity contribution in [3.05, 3.63) is 35.5 Å². The third-order valence-corrected chi connectivity index (χ3v) is 3.71. The van der Waals surface area contributed by atoms with Crippen molar-refractivity contribution in [2.24, 2.45) is 0 Å². The third-order valence-electron chi connectivity index (χ3n) is 3.71. The summed E-state index contributed by atoms with van der Waals surface area (Å²) in [6, 6.07) is 5.40. The lowest BCUT2D eigenvalue weighted by Gasteiger charge is -2.25. The number of aromatic amines is 1. The summed E-state index contributed by atoms with van der Waals surface area (Å²) in [6.45, 7) is 1.91. The number of nitrogen functional groups attached to an aromatic ring is 1. The molecule has 0 saturated heterocycles. The molecule has 1 aliphatic heterocycles. The molecule has 1 aromatic heterocycles. The molecule has 2 aromatic rings. The highest BCUT2D eigenvalue weighted by Crippen LogP contribution is 2.21. The van der Waals surface area contributed by atoms with Gasteiger partial charge in [0.15, 0.2) is 5.69 Å². The highest BCUT2D eigenvalue weighted by Gasteiger charge is 2.22. The Morgan fingerprint density at radius 2 is 2.38 bits per heavy atom. The van der Waals surface area contributed by atoms with Gasteiger partial charge in [-0.1, -0.05) is 6.08 Å². The van der Waals surface area contributed by atoms with Crippen LogP contribution in [-0.2, 0) is 4.74 Å². The molecule has 0 saturated carbocycles. The fourth-order valence-electron chi connectivity index (χ4n) is 2.56. The first-order chi connectivity index (χ1) is 10.2. The Kier molecular flexibility index (Phi) is 3.62. The Morgan fingerprint density at radius 3 is 3.10 bits per heavy atom. The van der Waals surface area contributed by atoms with Crippen LogP contribution in [0.1, 0.15) is 16.9 Å². The zero-order valence-electron chi connectivity index (χ0n) is 11.9. The summed E-state index contributed by atoms with van der Waals surface area (Å²) in [6.07, 6.45) is 2.89. The topological polar surface area (TPSA) is 84.2 Å². The number of nitrogens with one attached hydrogen (secondary N) is 1. The van der Waals surface area contributed by atoms with Gasteiger partial charge >= 0.3 is 0 Å². The molecule has 0 radical (unpaired) electrons. The predicted molar refractivity (Wildman–Crippen MR) is 81.0 cm³/mol. The molecule has 2 heterocycles. The molecule has 21 heavy (non-hydrogen) atoms. The van der Waals surface area contributed by atoms with Crippen LogP contribution in [0.2, 0.25) is 0 Å². The van der Waals surface area contributed by atoms with Crippen LogP contribution < -0.4 is 5.73 Å². The molecule has 110 valence electrons. The summed E-state index contributed by atoms with van der Waals surface area (Å²) in [5.74, 6) is -0.0698. The minimum Gasteiger partial charge on any atom is -0.399 e. The lowest BCUT2D eigenvalue weighted by atomic mass is 10.1. The first-order valence-electron chi connectivity index (χ1n) is 6.89. The zero-order valence-corrected chi connectivity index (χ0v) is 11.9. The number of aromatic nitrogens is 2. The Labute approximate surface area is 122 Å². The van der Waals surface area contributed by atoms with Crippen molar-refractivity contribution in [3.8, 4) is 0 Å². The van der Waals surface area contributed by atoms with E-state index in [1.807, 2.05) is 12.1 Å². The van der Waals surface area contributed by atoms with E-state index in [2.05, 4.69) is 10.2 Å². The van der Waals surface area contributed by atoms with Crippen LogP contribution in [-0.4, -0.2) is 47.8 Å². The molecular formula is C15H18N4O2. The minimum absolute atomic E-state index is 0.0698. The first kappa shape index (κ1) is 13.6. The Hall–Kier alpha value is -2.34. The van der Waals surface area contributed by atoms with E-state index in [1.54, 1.807) is 24.1 Å². The number of nitrogens with zero attached hydrogens (tertiary/aromatic N) is 2. The average Bonchev–Trinajstić information content (AvgIpc) is 2.90. The fraction of sp³-hybridized carbons (Fsp3) is 0.333. The summed E-state index contributed by atoms with van der Waals surface area (Å²) in [4.78, 5) is 14.4. The summed E-state index contributed by atoms with van der Waals surface area (Å²) in [7, 11) is 1.68. The Morgan fingerprint density at radius 1 is 1.52 bits per heavy atom.